The number of carbonyl (C=O) groups is 2. The summed E-state index contributed by atoms with van der Waals surface area (Å²) in [6.45, 7) is 8.82. The number of likely N-dealkylation sites (N-methyl/N-ethyl adjacent to an activating group) is 1. The number of nitrogens with one attached hydrogen (secondary N) is 1. The molecular formula is C19H28N6O3. The lowest BCUT2D eigenvalue weighted by Crippen LogP contribution is -2.50. The molecule has 1 fully saturated rings. The third-order valence-corrected chi connectivity index (χ3v) is 5.31. The van der Waals surface area contributed by atoms with E-state index in [0.717, 1.165) is 25.3 Å². The number of carbonyl (C=O) groups excluding carboxylic acids is 2. The van der Waals surface area contributed by atoms with Gasteiger partial charge in [-0.3, -0.25) is 19.2 Å². The highest BCUT2D eigenvalue weighted by molar-refractivity contribution is 5.97. The molecule has 1 saturated heterocycles. The molecule has 1 aromatic heterocycles. The molecule has 5 N–H and O–H groups in total. The van der Waals surface area contributed by atoms with Crippen molar-refractivity contribution in [2.45, 2.75) is 39.0 Å². The summed E-state index contributed by atoms with van der Waals surface area (Å²) in [6, 6.07) is 0.139. The summed E-state index contributed by atoms with van der Waals surface area (Å²) in [4.78, 5) is 26.8. The Balaban J connectivity index is 2.21. The number of primary amides is 2. The molecule has 0 bridgehead atoms. The highest BCUT2D eigenvalue weighted by Gasteiger charge is 2.47. The fourth-order valence-electron chi connectivity index (χ4n) is 3.98. The van der Waals surface area contributed by atoms with Gasteiger partial charge in [0.2, 0.25) is 11.6 Å². The number of hydrogen-bond acceptors (Lipinski definition) is 6. The van der Waals surface area contributed by atoms with Gasteiger partial charge in [0.15, 0.2) is 5.69 Å². The molecule has 2 aliphatic heterocycles. The molecule has 2 amide bonds. The Labute approximate surface area is 164 Å². The van der Waals surface area contributed by atoms with Gasteiger partial charge in [0.25, 0.3) is 5.91 Å². The van der Waals surface area contributed by atoms with E-state index < -0.39 is 17.5 Å². The maximum absolute atomic E-state index is 12.3. The first-order valence-corrected chi connectivity index (χ1v) is 9.62. The lowest BCUT2D eigenvalue weighted by Gasteiger charge is -2.40. The van der Waals surface area contributed by atoms with E-state index in [1.807, 2.05) is 18.5 Å². The monoisotopic (exact) mass is 388 g/mol. The van der Waals surface area contributed by atoms with Crippen LogP contribution >= 0.6 is 0 Å². The van der Waals surface area contributed by atoms with Crippen LogP contribution in [-0.2, 0) is 21.7 Å². The molecule has 0 radical (unpaired) electrons. The standard InChI is InChI=1S/C19H28N6O3/c1-4-14-15(19(28-6-3)13(17(20)26)8-7-9-22-19)16(18(21)27)23-25(14)12-10-24(5-2)11-12/h7-9,12,22H,4-6,10-11H2,1-3H3,(H2,20,26)(H2,21,27). The third-order valence-electron chi connectivity index (χ3n) is 5.31. The van der Waals surface area contributed by atoms with Crippen LogP contribution < -0.4 is 16.8 Å². The van der Waals surface area contributed by atoms with Crippen molar-refractivity contribution in [3.8, 4) is 0 Å². The summed E-state index contributed by atoms with van der Waals surface area (Å²) in [5.74, 6) is -1.31. The van der Waals surface area contributed by atoms with Crippen molar-refractivity contribution < 1.29 is 14.3 Å². The Morgan fingerprint density at radius 2 is 2.00 bits per heavy atom. The zero-order valence-electron chi connectivity index (χ0n) is 16.6. The molecular weight excluding hydrogens is 360 g/mol. The molecule has 1 aromatic rings. The molecule has 1 atom stereocenters. The SMILES string of the molecule is CCOC1(c2c(C(N)=O)nn(C3CN(CC)C3)c2CC)NC=CC=C1C(N)=O. The zero-order chi connectivity index (χ0) is 20.5. The van der Waals surface area contributed by atoms with Gasteiger partial charge in [-0.05, 0) is 38.2 Å². The van der Waals surface area contributed by atoms with Crippen LogP contribution in [0, 0.1) is 0 Å². The second-order valence-corrected chi connectivity index (χ2v) is 6.90. The van der Waals surface area contributed by atoms with E-state index in [4.69, 9.17) is 16.2 Å². The second kappa shape index (κ2) is 7.76. The summed E-state index contributed by atoms with van der Waals surface area (Å²) < 4.78 is 7.91. The maximum atomic E-state index is 12.3. The smallest absolute Gasteiger partial charge is 0.269 e. The van der Waals surface area contributed by atoms with E-state index in [9.17, 15) is 9.59 Å². The number of dihydropyridines is 1. The van der Waals surface area contributed by atoms with Crippen LogP contribution in [0.4, 0.5) is 0 Å². The van der Waals surface area contributed by atoms with Crippen LogP contribution in [0.15, 0.2) is 23.9 Å². The summed E-state index contributed by atoms with van der Waals surface area (Å²) >= 11 is 0. The molecule has 3 rings (SSSR count). The molecule has 9 nitrogen and oxygen atoms in total. The number of nitrogens with two attached hydrogens (primary N) is 2. The number of nitrogens with zero attached hydrogens (tertiary/aromatic N) is 3. The van der Waals surface area contributed by atoms with Crippen LogP contribution in [-0.4, -0.2) is 52.7 Å². The van der Waals surface area contributed by atoms with Gasteiger partial charge in [-0.15, -0.1) is 0 Å². The Kier molecular flexibility index (Phi) is 5.57. The van der Waals surface area contributed by atoms with Crippen molar-refractivity contribution in [2.75, 3.05) is 26.2 Å². The minimum absolute atomic E-state index is 0.0928. The molecule has 152 valence electrons. The number of allylic oxidation sites excluding steroid dienone is 2. The van der Waals surface area contributed by atoms with E-state index in [2.05, 4.69) is 22.2 Å². The summed E-state index contributed by atoms with van der Waals surface area (Å²) in [7, 11) is 0. The third kappa shape index (κ3) is 3.10. The Bertz CT molecular complexity index is 837. The minimum atomic E-state index is -1.41. The average molecular weight is 388 g/mol. The molecule has 0 aliphatic carbocycles. The quantitative estimate of drug-likeness (QED) is 0.581. The van der Waals surface area contributed by atoms with Gasteiger partial charge in [0.1, 0.15) is 0 Å². The minimum Gasteiger partial charge on any atom is -0.366 e. The van der Waals surface area contributed by atoms with Crippen LogP contribution in [0.1, 0.15) is 48.6 Å². The van der Waals surface area contributed by atoms with Gasteiger partial charge in [-0.25, -0.2) is 0 Å². The van der Waals surface area contributed by atoms with E-state index in [1.165, 1.54) is 0 Å². The second-order valence-electron chi connectivity index (χ2n) is 6.90. The molecule has 0 saturated carbocycles. The number of rotatable bonds is 8. The first-order valence-electron chi connectivity index (χ1n) is 9.62. The van der Waals surface area contributed by atoms with E-state index in [1.54, 1.807) is 18.4 Å². The fraction of sp³-hybridized carbons (Fsp3) is 0.526. The Hall–Kier alpha value is -2.65. The van der Waals surface area contributed by atoms with Crippen LogP contribution in [0.2, 0.25) is 0 Å². The summed E-state index contributed by atoms with van der Waals surface area (Å²) in [5.41, 5.74) is 11.5. The van der Waals surface area contributed by atoms with Crippen molar-refractivity contribution in [1.82, 2.24) is 20.0 Å². The van der Waals surface area contributed by atoms with E-state index in [-0.39, 0.29) is 23.9 Å². The Morgan fingerprint density at radius 3 is 2.54 bits per heavy atom. The van der Waals surface area contributed by atoms with Crippen molar-refractivity contribution in [1.29, 1.82) is 0 Å². The van der Waals surface area contributed by atoms with Gasteiger partial charge in [-0.1, -0.05) is 13.8 Å². The molecule has 3 heterocycles. The van der Waals surface area contributed by atoms with Crippen molar-refractivity contribution in [3.63, 3.8) is 0 Å². The number of amides is 2. The largest absolute Gasteiger partial charge is 0.366 e. The molecule has 2 aliphatic rings. The molecule has 1 unspecified atom stereocenters. The summed E-state index contributed by atoms with van der Waals surface area (Å²) in [6.07, 6.45) is 5.51. The average Bonchev–Trinajstić information content (AvgIpc) is 3.01. The highest BCUT2D eigenvalue weighted by Crippen LogP contribution is 2.39. The molecule has 28 heavy (non-hydrogen) atoms. The van der Waals surface area contributed by atoms with Crippen LogP contribution in [0.25, 0.3) is 0 Å². The number of aromatic nitrogens is 2. The number of likely N-dealkylation sites (tertiary alicyclic amines) is 1. The molecule has 0 aromatic carbocycles. The van der Waals surface area contributed by atoms with Gasteiger partial charge in [-0.2, -0.15) is 5.10 Å². The van der Waals surface area contributed by atoms with Crippen molar-refractivity contribution >= 4 is 11.8 Å². The van der Waals surface area contributed by atoms with E-state index >= 15 is 0 Å². The normalized spacial score (nSPS) is 22.5. The topological polar surface area (TPSA) is 128 Å². The van der Waals surface area contributed by atoms with E-state index in [0.29, 0.717) is 12.0 Å². The predicted octanol–water partition coefficient (Wildman–Crippen LogP) is 0.139. The van der Waals surface area contributed by atoms with Gasteiger partial charge >= 0.3 is 0 Å². The first kappa shape index (κ1) is 20.1. The molecule has 9 heteroatoms. The van der Waals surface area contributed by atoms with Crippen LogP contribution in [0.3, 0.4) is 0 Å². The van der Waals surface area contributed by atoms with Gasteiger partial charge < -0.3 is 21.5 Å². The van der Waals surface area contributed by atoms with Crippen LogP contribution in [0.5, 0.6) is 0 Å². The lowest BCUT2D eigenvalue weighted by molar-refractivity contribution is -0.119. The summed E-state index contributed by atoms with van der Waals surface area (Å²) in [5, 5.41) is 7.68. The lowest BCUT2D eigenvalue weighted by atomic mass is 9.88. The fourth-order valence-corrected chi connectivity index (χ4v) is 3.98. The number of ether oxygens (including phenoxy) is 1. The number of hydrogen-bond donors (Lipinski definition) is 3. The van der Waals surface area contributed by atoms with Gasteiger partial charge in [0, 0.05) is 25.4 Å². The first-order chi connectivity index (χ1) is 13.4. The van der Waals surface area contributed by atoms with Crippen molar-refractivity contribution in [2.24, 2.45) is 11.5 Å². The molecule has 0 spiro atoms. The predicted molar refractivity (Wildman–Crippen MR) is 104 cm³/mol. The highest BCUT2D eigenvalue weighted by atomic mass is 16.5. The Morgan fingerprint density at radius 1 is 1.29 bits per heavy atom. The zero-order valence-corrected chi connectivity index (χ0v) is 16.6. The van der Waals surface area contributed by atoms with Crippen molar-refractivity contribution in [3.05, 3.63) is 40.9 Å². The maximum Gasteiger partial charge on any atom is 0.269 e. The van der Waals surface area contributed by atoms with Gasteiger partial charge in [0.05, 0.1) is 17.2 Å².